The average Bonchev–Trinajstić information content (AvgIpc) is 2.92. The fraction of sp³-hybridized carbons (Fsp3) is 0.462. The highest BCUT2D eigenvalue weighted by Gasteiger charge is 2.23. The van der Waals surface area contributed by atoms with Crippen molar-refractivity contribution in [2.75, 3.05) is 26.0 Å². The molecule has 21 heavy (non-hydrogen) atoms. The van der Waals surface area contributed by atoms with Crippen molar-refractivity contribution in [3.8, 4) is 0 Å². The van der Waals surface area contributed by atoms with Crippen molar-refractivity contribution in [2.24, 2.45) is 0 Å². The molecule has 2 rings (SSSR count). The first kappa shape index (κ1) is 17.9. The lowest BCUT2D eigenvalue weighted by Gasteiger charge is -2.14. The monoisotopic (exact) mass is 333 g/mol. The number of nitrogens with one attached hydrogen (secondary N) is 2. The van der Waals surface area contributed by atoms with Crippen LogP contribution in [0.2, 0.25) is 0 Å². The van der Waals surface area contributed by atoms with Crippen LogP contribution in [0.25, 0.3) is 0 Å². The highest BCUT2D eigenvalue weighted by molar-refractivity contribution is 7.89. The van der Waals surface area contributed by atoms with Crippen molar-refractivity contribution in [1.29, 1.82) is 0 Å². The van der Waals surface area contributed by atoms with E-state index in [9.17, 15) is 13.2 Å². The van der Waals surface area contributed by atoms with E-state index in [4.69, 9.17) is 0 Å². The first-order valence-electron chi connectivity index (χ1n) is 6.48. The van der Waals surface area contributed by atoms with E-state index in [-0.39, 0.29) is 29.3 Å². The Morgan fingerprint density at radius 1 is 1.38 bits per heavy atom. The number of hydrogen-bond acceptors (Lipinski definition) is 4. The van der Waals surface area contributed by atoms with Gasteiger partial charge in [0.05, 0.1) is 10.9 Å². The second kappa shape index (κ2) is 7.22. The number of sulfonamides is 1. The van der Waals surface area contributed by atoms with E-state index in [1.807, 2.05) is 0 Å². The van der Waals surface area contributed by atoms with E-state index in [2.05, 4.69) is 10.6 Å². The molecule has 0 aromatic heterocycles. The quantitative estimate of drug-likeness (QED) is 0.863. The van der Waals surface area contributed by atoms with Gasteiger partial charge in [0.15, 0.2) is 0 Å². The fourth-order valence-corrected chi connectivity index (χ4v) is 3.03. The molecule has 1 aliphatic heterocycles. The Bertz CT molecular complexity index is 598. The molecule has 1 aliphatic rings. The molecule has 1 aromatic carbocycles. The molecule has 1 atom stereocenters. The maximum Gasteiger partial charge on any atom is 0.242 e. The van der Waals surface area contributed by atoms with Crippen LogP contribution in [0.5, 0.6) is 0 Å². The lowest BCUT2D eigenvalue weighted by Crippen LogP contribution is -2.35. The molecule has 118 valence electrons. The van der Waals surface area contributed by atoms with E-state index in [0.29, 0.717) is 5.69 Å². The van der Waals surface area contributed by atoms with Crippen LogP contribution in [-0.4, -0.2) is 45.3 Å². The zero-order chi connectivity index (χ0) is 14.8. The molecule has 0 saturated carbocycles. The van der Waals surface area contributed by atoms with Gasteiger partial charge in [0.1, 0.15) is 0 Å². The van der Waals surface area contributed by atoms with E-state index in [0.717, 1.165) is 23.7 Å². The molecule has 1 heterocycles. The summed E-state index contributed by atoms with van der Waals surface area (Å²) < 4.78 is 25.2. The molecule has 0 spiro atoms. The zero-order valence-electron chi connectivity index (χ0n) is 12.0. The van der Waals surface area contributed by atoms with Gasteiger partial charge in [0.2, 0.25) is 15.9 Å². The first-order chi connectivity index (χ1) is 9.41. The maximum atomic E-state index is 12.0. The second-order valence-corrected chi connectivity index (χ2v) is 7.11. The van der Waals surface area contributed by atoms with E-state index < -0.39 is 10.0 Å². The normalized spacial score (nSPS) is 18.3. The first-order valence-corrected chi connectivity index (χ1v) is 7.92. The van der Waals surface area contributed by atoms with Crippen molar-refractivity contribution in [3.63, 3.8) is 0 Å². The molecule has 0 bridgehead atoms. The second-order valence-electron chi connectivity index (χ2n) is 4.95. The van der Waals surface area contributed by atoms with Gasteiger partial charge in [0.25, 0.3) is 0 Å². The van der Waals surface area contributed by atoms with Crippen LogP contribution in [0.3, 0.4) is 0 Å². The molecule has 1 saturated heterocycles. The number of halogens is 1. The minimum Gasteiger partial charge on any atom is -0.325 e. The molecule has 6 nitrogen and oxygen atoms in total. The summed E-state index contributed by atoms with van der Waals surface area (Å²) in [6, 6.07) is 6.10. The van der Waals surface area contributed by atoms with Crippen LogP contribution >= 0.6 is 12.4 Å². The average molecular weight is 334 g/mol. The Hall–Kier alpha value is -1.15. The highest BCUT2D eigenvalue weighted by Crippen LogP contribution is 2.18. The number of benzene rings is 1. The molecule has 0 aliphatic carbocycles. The number of carbonyl (C=O) groups excluding carboxylic acids is 1. The number of hydrogen-bond donors (Lipinski definition) is 2. The maximum absolute atomic E-state index is 12.0. The van der Waals surface area contributed by atoms with Gasteiger partial charge in [-0.05, 0) is 37.6 Å². The summed E-state index contributed by atoms with van der Waals surface area (Å²) in [4.78, 5) is 12.1. The summed E-state index contributed by atoms with van der Waals surface area (Å²) in [5.74, 6) is -0.123. The van der Waals surface area contributed by atoms with Crippen molar-refractivity contribution in [2.45, 2.75) is 23.8 Å². The molecule has 1 fully saturated rings. The molecule has 0 radical (unpaired) electrons. The van der Waals surface area contributed by atoms with Crippen LogP contribution in [0.4, 0.5) is 5.69 Å². The Kier molecular flexibility index (Phi) is 6.15. The minimum atomic E-state index is -3.49. The van der Waals surface area contributed by atoms with Crippen molar-refractivity contribution in [1.82, 2.24) is 9.62 Å². The zero-order valence-corrected chi connectivity index (χ0v) is 13.6. The van der Waals surface area contributed by atoms with Gasteiger partial charge in [-0.2, -0.15) is 0 Å². The van der Waals surface area contributed by atoms with Gasteiger partial charge >= 0.3 is 0 Å². The Morgan fingerprint density at radius 2 is 2.10 bits per heavy atom. The van der Waals surface area contributed by atoms with Crippen molar-refractivity contribution >= 4 is 34.0 Å². The molecular weight excluding hydrogens is 314 g/mol. The van der Waals surface area contributed by atoms with Crippen LogP contribution in [-0.2, 0) is 14.8 Å². The van der Waals surface area contributed by atoms with Crippen molar-refractivity contribution in [3.05, 3.63) is 24.3 Å². The third-order valence-electron chi connectivity index (χ3n) is 3.26. The topological polar surface area (TPSA) is 78.5 Å². The van der Waals surface area contributed by atoms with E-state index >= 15 is 0 Å². The van der Waals surface area contributed by atoms with Gasteiger partial charge < -0.3 is 10.6 Å². The van der Waals surface area contributed by atoms with Crippen LogP contribution in [0.15, 0.2) is 29.2 Å². The number of rotatable bonds is 4. The lowest BCUT2D eigenvalue weighted by molar-refractivity contribution is -0.117. The number of nitrogens with zero attached hydrogens (tertiary/aromatic N) is 1. The number of anilines is 1. The van der Waals surface area contributed by atoms with Crippen LogP contribution in [0.1, 0.15) is 12.8 Å². The standard InChI is InChI=1S/C13H19N3O3S.ClH/c1-16(2)20(18,19)11-6-3-5-10(9-11)15-13(17)12-7-4-8-14-12;/h3,5-6,9,12,14H,4,7-8H2,1-2H3,(H,15,17);1H. The summed E-state index contributed by atoms with van der Waals surface area (Å²) in [5.41, 5.74) is 0.492. The van der Waals surface area contributed by atoms with Crippen LogP contribution < -0.4 is 10.6 Å². The molecule has 8 heteroatoms. The Balaban J connectivity index is 0.00000220. The highest BCUT2D eigenvalue weighted by atomic mass is 35.5. The van der Waals surface area contributed by atoms with Gasteiger partial charge in [0, 0.05) is 19.8 Å². The van der Waals surface area contributed by atoms with Gasteiger partial charge in [-0.3, -0.25) is 4.79 Å². The smallest absolute Gasteiger partial charge is 0.242 e. The predicted octanol–water partition coefficient (Wildman–Crippen LogP) is 1.05. The summed E-state index contributed by atoms with van der Waals surface area (Å²) >= 11 is 0. The summed E-state index contributed by atoms with van der Waals surface area (Å²) in [7, 11) is -0.537. The number of carbonyl (C=O) groups is 1. The van der Waals surface area contributed by atoms with Gasteiger partial charge in [-0.25, -0.2) is 12.7 Å². The molecule has 2 N–H and O–H groups in total. The molecular formula is C13H20ClN3O3S. The Labute approximate surface area is 131 Å². The fourth-order valence-electron chi connectivity index (χ4n) is 2.08. The molecule has 1 unspecified atom stereocenters. The van der Waals surface area contributed by atoms with Gasteiger partial charge in [-0.15, -0.1) is 12.4 Å². The summed E-state index contributed by atoms with van der Waals surface area (Å²) in [6.45, 7) is 0.840. The third kappa shape index (κ3) is 4.16. The van der Waals surface area contributed by atoms with Crippen molar-refractivity contribution < 1.29 is 13.2 Å². The van der Waals surface area contributed by atoms with E-state index in [1.54, 1.807) is 12.1 Å². The molecule has 1 amide bonds. The third-order valence-corrected chi connectivity index (χ3v) is 5.07. The van der Waals surface area contributed by atoms with Crippen LogP contribution in [0, 0.1) is 0 Å². The minimum absolute atomic E-state index is 0. The van der Waals surface area contributed by atoms with E-state index in [1.165, 1.54) is 26.2 Å². The Morgan fingerprint density at radius 3 is 2.67 bits per heavy atom. The molecule has 1 aromatic rings. The number of amides is 1. The predicted molar refractivity (Wildman–Crippen MR) is 84.2 cm³/mol. The SMILES string of the molecule is CN(C)S(=O)(=O)c1cccc(NC(=O)C2CCCN2)c1.Cl. The largest absolute Gasteiger partial charge is 0.325 e. The lowest BCUT2D eigenvalue weighted by atomic mass is 10.2. The van der Waals surface area contributed by atoms with Gasteiger partial charge in [-0.1, -0.05) is 6.07 Å². The summed E-state index contributed by atoms with van der Waals surface area (Å²) in [5, 5.41) is 5.85. The summed E-state index contributed by atoms with van der Waals surface area (Å²) in [6.07, 6.45) is 1.79.